The molecule has 8 aromatic rings. The van der Waals surface area contributed by atoms with E-state index in [0.717, 1.165) is 33.6 Å². The van der Waals surface area contributed by atoms with Crippen LogP contribution in [0.25, 0.3) is 78.4 Å². The largest absolute Gasteiger partial charge is 0.228 e. The van der Waals surface area contributed by atoms with Crippen molar-refractivity contribution in [1.82, 2.24) is 9.97 Å². The summed E-state index contributed by atoms with van der Waals surface area (Å²) in [6.07, 6.45) is 0. The molecule has 0 saturated carbocycles. The van der Waals surface area contributed by atoms with Gasteiger partial charge in [-0.2, -0.15) is 0 Å². The molecule has 1 aliphatic carbocycles. The molecule has 1 aliphatic rings. The summed E-state index contributed by atoms with van der Waals surface area (Å²) in [7, 11) is 0. The van der Waals surface area contributed by atoms with Crippen LogP contribution in [0.2, 0.25) is 0 Å². The summed E-state index contributed by atoms with van der Waals surface area (Å²) in [5, 5.41) is 0. The monoisotopic (exact) mass is 652 g/mol. The first kappa shape index (κ1) is 30.7. The fourth-order valence-electron chi connectivity index (χ4n) is 7.52. The fraction of sp³-hybridized carbons (Fsp3) is 0.0612. The molecule has 0 fully saturated rings. The molecule has 0 N–H and O–H groups in total. The number of rotatable bonds is 6. The molecule has 1 aromatic heterocycles. The van der Waals surface area contributed by atoms with Gasteiger partial charge in [-0.05, 0) is 73.8 Å². The summed E-state index contributed by atoms with van der Waals surface area (Å²) in [5.74, 6) is 0.709. The summed E-state index contributed by atoms with van der Waals surface area (Å²) in [5.41, 5.74) is 17.5. The van der Waals surface area contributed by atoms with E-state index in [-0.39, 0.29) is 5.41 Å². The Labute approximate surface area is 299 Å². The molecule has 1 heterocycles. The maximum atomic E-state index is 5.10. The third kappa shape index (κ3) is 5.65. The summed E-state index contributed by atoms with van der Waals surface area (Å²) >= 11 is 0. The van der Waals surface area contributed by atoms with Crippen molar-refractivity contribution in [2.75, 3.05) is 0 Å². The van der Waals surface area contributed by atoms with Crippen molar-refractivity contribution in [3.63, 3.8) is 0 Å². The van der Waals surface area contributed by atoms with Gasteiger partial charge in [0.2, 0.25) is 0 Å². The highest BCUT2D eigenvalue weighted by Crippen LogP contribution is 2.49. The van der Waals surface area contributed by atoms with Crippen LogP contribution in [-0.2, 0) is 5.41 Å². The van der Waals surface area contributed by atoms with E-state index < -0.39 is 0 Å². The minimum Gasteiger partial charge on any atom is -0.228 e. The Balaban J connectivity index is 1.04. The molecule has 51 heavy (non-hydrogen) atoms. The molecule has 0 saturated heterocycles. The molecule has 2 heteroatoms. The number of fused-ring (bicyclic) bond motifs is 3. The molecule has 0 amide bonds. The van der Waals surface area contributed by atoms with E-state index in [4.69, 9.17) is 9.97 Å². The quantitative estimate of drug-likeness (QED) is 0.179. The lowest BCUT2D eigenvalue weighted by Gasteiger charge is -2.22. The molecule has 0 aliphatic heterocycles. The molecule has 0 radical (unpaired) electrons. The first-order chi connectivity index (χ1) is 25.0. The maximum absolute atomic E-state index is 5.10. The van der Waals surface area contributed by atoms with Gasteiger partial charge >= 0.3 is 0 Å². The second-order valence-electron chi connectivity index (χ2n) is 13.9. The summed E-state index contributed by atoms with van der Waals surface area (Å²) in [6.45, 7) is 4.67. The van der Waals surface area contributed by atoms with Crippen molar-refractivity contribution in [1.29, 1.82) is 0 Å². The Morgan fingerprint density at radius 3 is 1.43 bits per heavy atom. The van der Waals surface area contributed by atoms with E-state index in [1.807, 2.05) is 12.1 Å². The van der Waals surface area contributed by atoms with Crippen LogP contribution in [0, 0.1) is 0 Å². The zero-order valence-electron chi connectivity index (χ0n) is 28.7. The van der Waals surface area contributed by atoms with E-state index in [9.17, 15) is 0 Å². The number of aromatic nitrogens is 2. The number of hydrogen-bond acceptors (Lipinski definition) is 2. The Kier molecular flexibility index (Phi) is 7.51. The number of benzene rings is 7. The van der Waals surface area contributed by atoms with Gasteiger partial charge in [0.15, 0.2) is 5.82 Å². The van der Waals surface area contributed by atoms with E-state index in [2.05, 4.69) is 184 Å². The van der Waals surface area contributed by atoms with Crippen LogP contribution in [0.1, 0.15) is 25.0 Å². The topological polar surface area (TPSA) is 25.8 Å². The lowest BCUT2D eigenvalue weighted by molar-refractivity contribution is 0.660. The fourth-order valence-corrected chi connectivity index (χ4v) is 7.52. The molecule has 9 rings (SSSR count). The summed E-state index contributed by atoms with van der Waals surface area (Å²) < 4.78 is 0. The maximum Gasteiger partial charge on any atom is 0.160 e. The molecule has 0 spiro atoms. The highest BCUT2D eigenvalue weighted by molar-refractivity contribution is 5.84. The highest BCUT2D eigenvalue weighted by Gasteiger charge is 2.35. The van der Waals surface area contributed by atoms with Crippen LogP contribution in [0.15, 0.2) is 182 Å². The third-order valence-electron chi connectivity index (χ3n) is 10.3. The van der Waals surface area contributed by atoms with Gasteiger partial charge in [-0.3, -0.25) is 0 Å². The third-order valence-corrected chi connectivity index (χ3v) is 10.3. The van der Waals surface area contributed by atoms with Crippen molar-refractivity contribution in [2.45, 2.75) is 19.3 Å². The molecule has 242 valence electrons. The highest BCUT2D eigenvalue weighted by atomic mass is 14.9. The Morgan fingerprint density at radius 1 is 0.314 bits per heavy atom. The van der Waals surface area contributed by atoms with Crippen LogP contribution in [0.5, 0.6) is 0 Å². The Hall–Kier alpha value is -6.38. The van der Waals surface area contributed by atoms with Gasteiger partial charge in [-0.15, -0.1) is 0 Å². The summed E-state index contributed by atoms with van der Waals surface area (Å²) in [6, 6.07) is 64.8. The van der Waals surface area contributed by atoms with Crippen LogP contribution in [0.4, 0.5) is 0 Å². The van der Waals surface area contributed by atoms with Crippen LogP contribution in [-0.4, -0.2) is 9.97 Å². The summed E-state index contributed by atoms with van der Waals surface area (Å²) in [4.78, 5) is 10.2. The van der Waals surface area contributed by atoms with Crippen LogP contribution >= 0.6 is 0 Å². The average Bonchev–Trinajstić information content (AvgIpc) is 3.44. The van der Waals surface area contributed by atoms with Gasteiger partial charge in [0.1, 0.15) is 0 Å². The van der Waals surface area contributed by atoms with Crippen molar-refractivity contribution >= 4 is 0 Å². The van der Waals surface area contributed by atoms with Gasteiger partial charge in [0.25, 0.3) is 0 Å². The molecule has 0 bridgehead atoms. The van der Waals surface area contributed by atoms with E-state index in [1.54, 1.807) is 0 Å². The zero-order valence-corrected chi connectivity index (χ0v) is 28.7. The predicted octanol–water partition coefficient (Wildman–Crippen LogP) is 12.8. The van der Waals surface area contributed by atoms with Gasteiger partial charge in [-0.25, -0.2) is 9.97 Å². The van der Waals surface area contributed by atoms with Crippen molar-refractivity contribution < 1.29 is 0 Å². The normalized spacial score (nSPS) is 12.7. The SMILES string of the molecule is CC1(C)c2ccccc2-c2ccc(-c3cccc(-c4ccc(-c5nc(-c6ccccc6)cc(-c6ccc(-c7ccccc7)cc6)n5)cc4)c3)cc21. The standard InChI is InChI=1S/C49H36N2/c1-49(2)44-19-10-9-18-42(44)43-29-28-41(31-45(43)49)40-17-11-16-39(30-40)35-22-26-38(27-23-35)48-50-46(36-14-7-4-8-15-36)32-47(51-48)37-24-20-34(21-25-37)33-12-5-3-6-13-33/h3-32H,1-2H3. The van der Waals surface area contributed by atoms with Crippen LogP contribution in [0.3, 0.4) is 0 Å². The zero-order chi connectivity index (χ0) is 34.4. The van der Waals surface area contributed by atoms with E-state index in [1.165, 1.54) is 50.1 Å². The second-order valence-corrected chi connectivity index (χ2v) is 13.9. The minimum atomic E-state index is -0.0270. The molecular weight excluding hydrogens is 617 g/mol. The number of nitrogens with zero attached hydrogens (tertiary/aromatic N) is 2. The van der Waals surface area contributed by atoms with Crippen molar-refractivity contribution in [3.8, 4) is 78.4 Å². The lowest BCUT2D eigenvalue weighted by Crippen LogP contribution is -2.14. The van der Waals surface area contributed by atoms with Crippen LogP contribution < -0.4 is 0 Å². The predicted molar refractivity (Wildman–Crippen MR) is 212 cm³/mol. The average molecular weight is 653 g/mol. The molecule has 2 nitrogen and oxygen atoms in total. The van der Waals surface area contributed by atoms with E-state index >= 15 is 0 Å². The van der Waals surface area contributed by atoms with E-state index in [0.29, 0.717) is 5.82 Å². The first-order valence-corrected chi connectivity index (χ1v) is 17.6. The van der Waals surface area contributed by atoms with Gasteiger partial charge in [0, 0.05) is 22.1 Å². The molecule has 7 aromatic carbocycles. The Bertz CT molecular complexity index is 2510. The lowest BCUT2D eigenvalue weighted by atomic mass is 9.81. The minimum absolute atomic E-state index is 0.0270. The van der Waals surface area contributed by atoms with Gasteiger partial charge in [-0.1, -0.05) is 178 Å². The molecule has 0 unspecified atom stereocenters. The first-order valence-electron chi connectivity index (χ1n) is 17.6. The Morgan fingerprint density at radius 2 is 0.745 bits per heavy atom. The number of hydrogen-bond donors (Lipinski definition) is 0. The van der Waals surface area contributed by atoms with Gasteiger partial charge in [0.05, 0.1) is 11.4 Å². The van der Waals surface area contributed by atoms with Crippen molar-refractivity contribution in [3.05, 3.63) is 193 Å². The molecular formula is C49H36N2. The second kappa shape index (κ2) is 12.5. The smallest absolute Gasteiger partial charge is 0.160 e. The molecule has 0 atom stereocenters. The van der Waals surface area contributed by atoms with Gasteiger partial charge < -0.3 is 0 Å². The van der Waals surface area contributed by atoms with Crippen molar-refractivity contribution in [2.24, 2.45) is 0 Å².